The van der Waals surface area contributed by atoms with Crippen molar-refractivity contribution in [3.8, 4) is 0 Å². The number of benzene rings is 5. The number of ketones is 1. The lowest BCUT2D eigenvalue weighted by Crippen LogP contribution is -2.15. The van der Waals surface area contributed by atoms with Gasteiger partial charge in [-0.3, -0.25) is 39.4 Å². The van der Waals surface area contributed by atoms with Gasteiger partial charge in [-0.15, -0.1) is 0 Å². The number of carbonyl (C=O) groups is 3. The molecule has 0 aliphatic carbocycles. The van der Waals surface area contributed by atoms with Crippen LogP contribution in [-0.2, 0) is 17.6 Å². The van der Waals surface area contributed by atoms with E-state index in [0.29, 0.717) is 66.3 Å². The summed E-state index contributed by atoms with van der Waals surface area (Å²) >= 11 is 5.90. The summed E-state index contributed by atoms with van der Waals surface area (Å²) in [6.45, 7) is 0. The van der Waals surface area contributed by atoms with Gasteiger partial charge in [0.2, 0.25) is 0 Å². The van der Waals surface area contributed by atoms with E-state index in [-0.39, 0.29) is 35.5 Å². The van der Waals surface area contributed by atoms with Crippen molar-refractivity contribution in [1.82, 2.24) is 19.9 Å². The number of anilines is 2. The molecule has 302 valence electrons. The number of primary amides is 1. The van der Waals surface area contributed by atoms with E-state index in [2.05, 4.69) is 29.7 Å². The number of H-pyrrole nitrogens is 4. The molecular formula is C40H29ClN8O11. The fraction of sp³-hybridized carbons (Fsp3) is 0.0500. The number of aromatic amines is 4. The molecule has 0 radical (unpaired) electrons. The van der Waals surface area contributed by atoms with Crippen LogP contribution in [0.4, 0.5) is 17.1 Å². The van der Waals surface area contributed by atoms with Crippen molar-refractivity contribution in [3.05, 3.63) is 166 Å². The van der Waals surface area contributed by atoms with Crippen LogP contribution in [0.1, 0.15) is 32.0 Å². The predicted octanol–water partition coefficient (Wildman–Crippen LogP) is 5.69. The number of nitrogen functional groups attached to an aromatic ring is 1. The highest BCUT2D eigenvalue weighted by atomic mass is 35.5. The van der Waals surface area contributed by atoms with Crippen LogP contribution < -0.4 is 34.1 Å². The maximum Gasteiger partial charge on any atom is 0.417 e. The van der Waals surface area contributed by atoms with Crippen LogP contribution in [0.2, 0.25) is 5.02 Å². The quantitative estimate of drug-likeness (QED) is 0.0551. The third-order valence-corrected chi connectivity index (χ3v) is 9.06. The summed E-state index contributed by atoms with van der Waals surface area (Å²) in [5.74, 6) is -2.85. The van der Waals surface area contributed by atoms with Crippen LogP contribution in [0.25, 0.3) is 44.2 Å². The van der Waals surface area contributed by atoms with Gasteiger partial charge in [0.1, 0.15) is 5.78 Å². The lowest BCUT2D eigenvalue weighted by atomic mass is 10.0. The summed E-state index contributed by atoms with van der Waals surface area (Å²) in [7, 11) is 0. The van der Waals surface area contributed by atoms with E-state index in [4.69, 9.17) is 31.9 Å². The molecule has 0 aliphatic heterocycles. The normalized spacial score (nSPS) is 10.9. The number of rotatable bonds is 8. The fourth-order valence-electron chi connectivity index (χ4n) is 6.13. The highest BCUT2D eigenvalue weighted by Gasteiger charge is 2.20. The number of Topliss-reactive ketones (excluding diaryl/α,β-unsaturated/α-hetero) is 1. The lowest BCUT2D eigenvalue weighted by Gasteiger charge is -2.05. The zero-order valence-corrected chi connectivity index (χ0v) is 31.4. The number of nitro groups is 1. The van der Waals surface area contributed by atoms with Crippen molar-refractivity contribution < 1.29 is 32.6 Å². The summed E-state index contributed by atoms with van der Waals surface area (Å²) in [5, 5.41) is 14.2. The van der Waals surface area contributed by atoms with Crippen LogP contribution >= 0.6 is 11.6 Å². The molecule has 2 amide bonds. The Hall–Kier alpha value is -8.45. The van der Waals surface area contributed by atoms with Crippen LogP contribution in [0.5, 0.6) is 0 Å². The first kappa shape index (κ1) is 39.8. The van der Waals surface area contributed by atoms with E-state index in [1.165, 1.54) is 24.3 Å². The molecule has 9 N–H and O–H groups in total. The lowest BCUT2D eigenvalue weighted by molar-refractivity contribution is -0.384. The maximum atomic E-state index is 12.8. The molecule has 0 fully saturated rings. The Morgan fingerprint density at radius 3 is 1.88 bits per heavy atom. The van der Waals surface area contributed by atoms with E-state index >= 15 is 0 Å². The first-order valence-corrected chi connectivity index (χ1v) is 17.9. The monoisotopic (exact) mass is 832 g/mol. The summed E-state index contributed by atoms with van der Waals surface area (Å²) in [5.41, 5.74) is 16.9. The molecule has 9 aromatic rings. The number of carbonyl (C=O) groups excluding carboxylic acids is 3. The number of halogens is 1. The van der Waals surface area contributed by atoms with Gasteiger partial charge in [0.15, 0.2) is 16.7 Å². The van der Waals surface area contributed by atoms with E-state index < -0.39 is 34.0 Å². The van der Waals surface area contributed by atoms with E-state index in [1.807, 2.05) is 0 Å². The molecule has 0 saturated heterocycles. The van der Waals surface area contributed by atoms with Gasteiger partial charge >= 0.3 is 17.3 Å². The highest BCUT2D eigenvalue weighted by molar-refractivity contribution is 6.30. The van der Waals surface area contributed by atoms with Crippen LogP contribution in [-0.4, -0.2) is 42.5 Å². The van der Waals surface area contributed by atoms with Gasteiger partial charge in [-0.2, -0.15) is 0 Å². The van der Waals surface area contributed by atoms with Gasteiger partial charge in [-0.1, -0.05) is 29.8 Å². The van der Waals surface area contributed by atoms with Crippen molar-refractivity contribution in [2.75, 3.05) is 11.1 Å². The number of nitrogens with zero attached hydrogens (tertiary/aromatic N) is 1. The van der Waals surface area contributed by atoms with Gasteiger partial charge in [0, 0.05) is 69.6 Å². The number of hydrogen-bond donors (Lipinski definition) is 7. The molecule has 20 heteroatoms. The SMILES string of the molecule is NC(=O)c1c(CC(=O)Cc2ccc(Cl)cc2)[nH]c2cc(C(=O)Nc3ccc4[nH]c(=O)oc4c3)ccc12.Nc1ccc2[nH]c(=O)oc2c1.O=c1[nH]c2ccc([N+](=O)[O-])cc2o1. The number of non-ortho nitro benzene ring substituents is 1. The minimum Gasteiger partial charge on any atom is -0.408 e. The molecular weight excluding hydrogens is 804 g/mol. The Morgan fingerprint density at radius 1 is 0.683 bits per heavy atom. The Bertz CT molecular complexity index is 3290. The van der Waals surface area contributed by atoms with E-state index in [0.717, 1.165) is 5.56 Å². The van der Waals surface area contributed by atoms with E-state index in [1.54, 1.807) is 72.8 Å². The molecule has 0 atom stereocenters. The largest absolute Gasteiger partial charge is 0.417 e. The van der Waals surface area contributed by atoms with Gasteiger partial charge < -0.3 is 35.0 Å². The molecule has 0 bridgehead atoms. The zero-order valence-electron chi connectivity index (χ0n) is 30.6. The molecule has 4 heterocycles. The van der Waals surface area contributed by atoms with Crippen LogP contribution in [0.3, 0.4) is 0 Å². The van der Waals surface area contributed by atoms with Crippen molar-refractivity contribution in [3.63, 3.8) is 0 Å². The number of nitrogens with two attached hydrogens (primary N) is 2. The Morgan fingerprint density at radius 2 is 1.27 bits per heavy atom. The summed E-state index contributed by atoms with van der Waals surface area (Å²) in [6, 6.07) is 25.4. The average molecular weight is 833 g/mol. The van der Waals surface area contributed by atoms with Crippen molar-refractivity contribution in [2.24, 2.45) is 5.73 Å². The molecule has 0 aliphatic rings. The fourth-order valence-corrected chi connectivity index (χ4v) is 6.26. The smallest absolute Gasteiger partial charge is 0.408 e. The summed E-state index contributed by atoms with van der Waals surface area (Å²) < 4.78 is 14.4. The Balaban J connectivity index is 0.000000182. The summed E-state index contributed by atoms with van der Waals surface area (Å²) in [4.78, 5) is 90.7. The first-order chi connectivity index (χ1) is 28.7. The van der Waals surface area contributed by atoms with Gasteiger partial charge in [0.25, 0.3) is 17.5 Å². The second-order valence-electron chi connectivity index (χ2n) is 13.0. The van der Waals surface area contributed by atoms with Gasteiger partial charge in [-0.05, 0) is 60.2 Å². The molecule has 9 rings (SSSR count). The molecule has 0 spiro atoms. The van der Waals surface area contributed by atoms with Crippen molar-refractivity contribution in [1.29, 1.82) is 0 Å². The molecule has 0 saturated carbocycles. The zero-order chi connectivity index (χ0) is 42.7. The minimum atomic E-state index is -0.672. The second kappa shape index (κ2) is 16.6. The van der Waals surface area contributed by atoms with Crippen molar-refractivity contribution in [2.45, 2.75) is 12.8 Å². The third-order valence-electron chi connectivity index (χ3n) is 8.81. The average Bonchev–Trinajstić information content (AvgIpc) is 3.96. The first-order valence-electron chi connectivity index (χ1n) is 17.5. The maximum absolute atomic E-state index is 12.8. The number of fused-ring (bicyclic) bond motifs is 4. The summed E-state index contributed by atoms with van der Waals surface area (Å²) in [6.07, 6.45) is 0.142. The molecule has 4 aromatic heterocycles. The number of hydrogen-bond acceptors (Lipinski definition) is 12. The van der Waals surface area contributed by atoms with Crippen LogP contribution in [0.15, 0.2) is 125 Å². The number of amides is 2. The number of aromatic nitrogens is 4. The topological polar surface area (TPSA) is 312 Å². The molecule has 60 heavy (non-hydrogen) atoms. The second-order valence-corrected chi connectivity index (χ2v) is 13.5. The molecule has 19 nitrogen and oxygen atoms in total. The standard InChI is InChI=1S/C26H19ClN4O5.C7H4N2O4.C7H6N2O2/c27-15-4-1-13(2-5-15)9-17(32)12-21-23(24(28)33)18-7-3-14(10-20(18)30-21)25(34)29-16-6-8-19-22(11-16)36-26(35)31-19;10-7-8-5-2-1-4(9(11)12)3-6(5)13-7;8-4-1-2-5-6(3-4)11-7(10)9-5/h1-8,10-11,30H,9,12H2,(H2,28,33)(H,29,34)(H,31,35);1-3H,(H,8,10);1-3H,8H2,(H,9,10). The molecule has 5 aromatic carbocycles. The van der Waals surface area contributed by atoms with Crippen LogP contribution in [0, 0.1) is 10.1 Å². The van der Waals surface area contributed by atoms with Gasteiger partial charge in [0.05, 0.1) is 33.1 Å². The Kier molecular flexibility index (Phi) is 11.0. The minimum absolute atomic E-state index is 0.0288. The number of oxazole rings is 3. The Labute approximate surface area is 338 Å². The highest BCUT2D eigenvalue weighted by Crippen LogP contribution is 2.26. The van der Waals surface area contributed by atoms with Gasteiger partial charge in [-0.25, -0.2) is 14.4 Å². The van der Waals surface area contributed by atoms with E-state index in [9.17, 15) is 38.9 Å². The predicted molar refractivity (Wildman–Crippen MR) is 220 cm³/mol. The third kappa shape index (κ3) is 9.06. The number of nitrogens with one attached hydrogen (secondary N) is 5. The molecule has 0 unspecified atom stereocenters. The number of nitro benzene ring substituents is 1. The van der Waals surface area contributed by atoms with Crippen molar-refractivity contribution >= 4 is 90.5 Å².